The molecule has 0 aliphatic carbocycles. The van der Waals surface area contributed by atoms with Crippen molar-refractivity contribution in [2.75, 3.05) is 0 Å². The van der Waals surface area contributed by atoms with Crippen molar-refractivity contribution in [3.05, 3.63) is 199 Å². The zero-order valence-electron chi connectivity index (χ0n) is 29.6. The van der Waals surface area contributed by atoms with Gasteiger partial charge in [-0.15, -0.1) is 0 Å². The minimum absolute atomic E-state index is 0.626. The summed E-state index contributed by atoms with van der Waals surface area (Å²) >= 11 is 0. The fourth-order valence-corrected chi connectivity index (χ4v) is 6.67. The number of nitrogens with zero attached hydrogens (tertiary/aromatic N) is 4. The van der Waals surface area contributed by atoms with Crippen molar-refractivity contribution >= 4 is 16.3 Å². The lowest BCUT2D eigenvalue weighted by atomic mass is 9.93. The summed E-state index contributed by atoms with van der Waals surface area (Å²) < 4.78 is 0. The van der Waals surface area contributed by atoms with Crippen LogP contribution in [0, 0.1) is 0 Å². The van der Waals surface area contributed by atoms with E-state index in [9.17, 15) is 0 Å². The van der Waals surface area contributed by atoms with Gasteiger partial charge in [-0.2, -0.15) is 0 Å². The lowest BCUT2D eigenvalue weighted by Gasteiger charge is -2.14. The average Bonchev–Trinajstić information content (AvgIpc) is 3.24. The predicted octanol–water partition coefficient (Wildman–Crippen LogP) is 12.3. The van der Waals surface area contributed by atoms with Gasteiger partial charge in [-0.25, -0.2) is 15.0 Å². The highest BCUT2D eigenvalue weighted by molar-refractivity contribution is 5.97. The van der Waals surface area contributed by atoms with Crippen molar-refractivity contribution in [3.8, 4) is 56.4 Å². The Bertz CT molecular complexity index is 2480. The lowest BCUT2D eigenvalue weighted by Crippen LogP contribution is -2.01. The van der Waals surface area contributed by atoms with E-state index in [1.165, 1.54) is 21.9 Å². The maximum absolute atomic E-state index is 5.10. The van der Waals surface area contributed by atoms with E-state index >= 15 is 0 Å². The second-order valence-corrected chi connectivity index (χ2v) is 12.9. The first kappa shape index (κ1) is 33.4. The van der Waals surface area contributed by atoms with Gasteiger partial charge in [0.05, 0.1) is 0 Å². The Kier molecular flexibility index (Phi) is 9.84. The van der Waals surface area contributed by atoms with Gasteiger partial charge in [0.1, 0.15) is 0 Å². The molecule has 4 nitrogen and oxygen atoms in total. The Hall–Kier alpha value is -6.78. The number of benzene rings is 6. The number of fused-ring (bicyclic) bond motifs is 1. The SMILES string of the molecule is CC/C=C(\C=C/Cc1ccccn1)c1cc(-c2ccc(-c3cccc4ccccc34)cc2)cc(-c2nc(-c3ccccc3)nc(-c3ccccc3)n2)c1. The van der Waals surface area contributed by atoms with Crippen molar-refractivity contribution in [1.29, 1.82) is 0 Å². The van der Waals surface area contributed by atoms with Crippen molar-refractivity contribution in [1.82, 2.24) is 19.9 Å². The monoisotopic (exact) mass is 682 g/mol. The Balaban J connectivity index is 1.26. The van der Waals surface area contributed by atoms with Crippen molar-refractivity contribution in [3.63, 3.8) is 0 Å². The molecule has 53 heavy (non-hydrogen) atoms. The van der Waals surface area contributed by atoms with Gasteiger partial charge in [0.15, 0.2) is 17.5 Å². The molecule has 8 rings (SSSR count). The van der Waals surface area contributed by atoms with E-state index in [-0.39, 0.29) is 0 Å². The highest BCUT2D eigenvalue weighted by atomic mass is 15.0. The first-order valence-electron chi connectivity index (χ1n) is 18.1. The summed E-state index contributed by atoms with van der Waals surface area (Å²) in [6, 6.07) is 56.9. The molecule has 254 valence electrons. The van der Waals surface area contributed by atoms with Crippen molar-refractivity contribution < 1.29 is 0 Å². The van der Waals surface area contributed by atoms with Gasteiger partial charge in [0.25, 0.3) is 0 Å². The summed E-state index contributed by atoms with van der Waals surface area (Å²) in [5, 5.41) is 2.48. The van der Waals surface area contributed by atoms with Crippen LogP contribution >= 0.6 is 0 Å². The molecule has 2 aromatic heterocycles. The standard InChI is InChI=1S/C49H38N4/c1-2-15-35(21-13-24-44-23-11-12-31-50-44)41-32-42(36-27-29-38(30-28-36)46-26-14-22-37-16-9-10-25-45(37)46)34-43(33-41)49-52-47(39-17-5-3-6-18-39)51-48(53-49)40-19-7-4-8-20-40/h3-23,25-34H,2,24H2,1H3/b21-13-,35-15+. The third-order valence-corrected chi connectivity index (χ3v) is 9.32. The van der Waals surface area contributed by atoms with Gasteiger partial charge in [0, 0.05) is 35.0 Å². The highest BCUT2D eigenvalue weighted by Gasteiger charge is 2.15. The molecule has 8 aromatic rings. The minimum Gasteiger partial charge on any atom is -0.261 e. The molecule has 0 saturated heterocycles. The quantitative estimate of drug-likeness (QED) is 0.135. The molecule has 0 atom stereocenters. The second-order valence-electron chi connectivity index (χ2n) is 12.9. The van der Waals surface area contributed by atoms with E-state index in [0.29, 0.717) is 17.5 Å². The fourth-order valence-electron chi connectivity index (χ4n) is 6.67. The molecular weight excluding hydrogens is 645 g/mol. The number of hydrogen-bond donors (Lipinski definition) is 0. The maximum atomic E-state index is 5.10. The number of aromatic nitrogens is 4. The molecule has 0 bridgehead atoms. The van der Waals surface area contributed by atoms with Gasteiger partial charge in [-0.3, -0.25) is 4.98 Å². The number of allylic oxidation sites excluding steroid dienone is 4. The van der Waals surface area contributed by atoms with E-state index in [4.69, 9.17) is 15.0 Å². The summed E-state index contributed by atoms with van der Waals surface area (Å²) in [5.41, 5.74) is 10.7. The lowest BCUT2D eigenvalue weighted by molar-refractivity contribution is 1.07. The first-order valence-corrected chi connectivity index (χ1v) is 18.1. The molecule has 2 heterocycles. The highest BCUT2D eigenvalue weighted by Crippen LogP contribution is 2.35. The summed E-state index contributed by atoms with van der Waals surface area (Å²) in [6.45, 7) is 2.17. The zero-order valence-corrected chi connectivity index (χ0v) is 29.6. The van der Waals surface area contributed by atoms with Crippen LogP contribution in [0.1, 0.15) is 24.6 Å². The molecule has 0 N–H and O–H groups in total. The van der Waals surface area contributed by atoms with Crippen LogP contribution in [0.4, 0.5) is 0 Å². The topological polar surface area (TPSA) is 51.6 Å². The normalized spacial score (nSPS) is 11.7. The summed E-state index contributed by atoms with van der Waals surface area (Å²) in [4.78, 5) is 19.7. The van der Waals surface area contributed by atoms with Crippen LogP contribution < -0.4 is 0 Å². The van der Waals surface area contributed by atoms with Gasteiger partial charge < -0.3 is 0 Å². The van der Waals surface area contributed by atoms with Crippen molar-refractivity contribution in [2.24, 2.45) is 0 Å². The van der Waals surface area contributed by atoms with Gasteiger partial charge >= 0.3 is 0 Å². The fraction of sp³-hybridized carbons (Fsp3) is 0.0612. The molecule has 0 saturated carbocycles. The second kappa shape index (κ2) is 15.6. The molecule has 4 heteroatoms. The van der Waals surface area contributed by atoms with Crippen LogP contribution in [0.5, 0.6) is 0 Å². The Morgan fingerprint density at radius 1 is 0.509 bits per heavy atom. The third kappa shape index (κ3) is 7.63. The Labute approximate surface area is 311 Å². The zero-order chi connectivity index (χ0) is 35.8. The molecular formula is C49H38N4. The Morgan fingerprint density at radius 3 is 1.79 bits per heavy atom. The van der Waals surface area contributed by atoms with E-state index < -0.39 is 0 Å². The van der Waals surface area contributed by atoms with Crippen molar-refractivity contribution in [2.45, 2.75) is 19.8 Å². The van der Waals surface area contributed by atoms with Crippen LogP contribution in [0.25, 0.3) is 72.8 Å². The molecule has 0 unspecified atom stereocenters. The molecule has 0 spiro atoms. The van der Waals surface area contributed by atoms with Crippen LogP contribution in [0.15, 0.2) is 188 Å². The largest absolute Gasteiger partial charge is 0.261 e. The molecule has 0 fully saturated rings. The minimum atomic E-state index is 0.626. The number of rotatable bonds is 10. The molecule has 0 amide bonds. The Morgan fingerprint density at radius 2 is 1.11 bits per heavy atom. The third-order valence-electron chi connectivity index (χ3n) is 9.32. The smallest absolute Gasteiger partial charge is 0.164 e. The number of pyridine rings is 1. The predicted molar refractivity (Wildman–Crippen MR) is 220 cm³/mol. The molecule has 0 radical (unpaired) electrons. The molecule has 6 aromatic carbocycles. The van der Waals surface area contributed by atoms with E-state index in [0.717, 1.165) is 57.5 Å². The van der Waals surface area contributed by atoms with Crippen LogP contribution in [0.2, 0.25) is 0 Å². The van der Waals surface area contributed by atoms with E-state index in [1.54, 1.807) is 0 Å². The van der Waals surface area contributed by atoms with Gasteiger partial charge in [-0.05, 0) is 80.9 Å². The summed E-state index contributed by atoms with van der Waals surface area (Å²) in [7, 11) is 0. The van der Waals surface area contributed by atoms with Crippen LogP contribution in [0.3, 0.4) is 0 Å². The molecule has 0 aliphatic rings. The average molecular weight is 683 g/mol. The van der Waals surface area contributed by atoms with Gasteiger partial charge in [0.2, 0.25) is 0 Å². The van der Waals surface area contributed by atoms with E-state index in [1.807, 2.05) is 79.0 Å². The van der Waals surface area contributed by atoms with Crippen LogP contribution in [-0.4, -0.2) is 19.9 Å². The van der Waals surface area contributed by atoms with Gasteiger partial charge in [-0.1, -0.05) is 159 Å². The maximum Gasteiger partial charge on any atom is 0.164 e. The number of hydrogen-bond acceptors (Lipinski definition) is 4. The van der Waals surface area contributed by atoms with Crippen LogP contribution in [-0.2, 0) is 6.42 Å². The molecule has 0 aliphatic heterocycles. The summed E-state index contributed by atoms with van der Waals surface area (Å²) in [6.07, 6.45) is 10.2. The summed E-state index contributed by atoms with van der Waals surface area (Å²) in [5.74, 6) is 1.90. The first-order chi connectivity index (χ1) is 26.2. The van der Waals surface area contributed by atoms with E-state index in [2.05, 4.69) is 121 Å².